The summed E-state index contributed by atoms with van der Waals surface area (Å²) in [6, 6.07) is 3.90. The van der Waals surface area contributed by atoms with E-state index in [0.29, 0.717) is 12.5 Å². The SMILES string of the molecule is O=C(c1ccc(OC(F)F)c(OCC2CC2)c1)N(CCO)c1c(Cl)cncc1Cl. The lowest BCUT2D eigenvalue weighted by Crippen LogP contribution is -2.34. The van der Waals surface area contributed by atoms with Crippen molar-refractivity contribution in [3.8, 4) is 11.5 Å². The second-order valence-electron chi connectivity index (χ2n) is 6.43. The number of amides is 1. The number of halogens is 4. The average molecular weight is 447 g/mol. The molecule has 6 nitrogen and oxygen atoms in total. The van der Waals surface area contributed by atoms with Crippen LogP contribution >= 0.6 is 23.2 Å². The van der Waals surface area contributed by atoms with Gasteiger partial charge in [-0.2, -0.15) is 8.78 Å². The molecule has 10 heteroatoms. The van der Waals surface area contributed by atoms with Crippen LogP contribution in [0.2, 0.25) is 10.0 Å². The van der Waals surface area contributed by atoms with Crippen LogP contribution in [0.3, 0.4) is 0 Å². The molecule has 0 radical (unpaired) electrons. The van der Waals surface area contributed by atoms with Gasteiger partial charge in [0.2, 0.25) is 0 Å². The molecule has 0 aliphatic heterocycles. The van der Waals surface area contributed by atoms with E-state index in [1.807, 2.05) is 0 Å². The molecule has 0 unspecified atom stereocenters. The Bertz CT molecular complexity index is 861. The predicted molar refractivity (Wildman–Crippen MR) is 104 cm³/mol. The zero-order valence-corrected chi connectivity index (χ0v) is 16.7. The molecule has 0 spiro atoms. The Morgan fingerprint density at radius 2 is 1.93 bits per heavy atom. The van der Waals surface area contributed by atoms with Crippen molar-refractivity contribution in [2.75, 3.05) is 24.7 Å². The number of ether oxygens (including phenoxy) is 2. The quantitative estimate of drug-likeness (QED) is 0.617. The fraction of sp³-hybridized carbons (Fsp3) is 0.368. The Balaban J connectivity index is 1.93. The Morgan fingerprint density at radius 3 is 2.52 bits per heavy atom. The van der Waals surface area contributed by atoms with Crippen molar-refractivity contribution in [1.29, 1.82) is 0 Å². The Kier molecular flexibility index (Phi) is 7.10. The monoisotopic (exact) mass is 446 g/mol. The van der Waals surface area contributed by atoms with E-state index < -0.39 is 12.5 Å². The zero-order valence-electron chi connectivity index (χ0n) is 15.2. The van der Waals surface area contributed by atoms with Crippen molar-refractivity contribution in [1.82, 2.24) is 4.98 Å². The molecular weight excluding hydrogens is 429 g/mol. The molecule has 2 aromatic rings. The molecule has 1 fully saturated rings. The Morgan fingerprint density at radius 1 is 1.24 bits per heavy atom. The van der Waals surface area contributed by atoms with Crippen molar-refractivity contribution in [3.63, 3.8) is 0 Å². The summed E-state index contributed by atoms with van der Waals surface area (Å²) in [4.78, 5) is 18.2. The lowest BCUT2D eigenvalue weighted by atomic mass is 10.1. The minimum atomic E-state index is -3.03. The van der Waals surface area contributed by atoms with Gasteiger partial charge < -0.3 is 19.5 Å². The minimum Gasteiger partial charge on any atom is -0.489 e. The van der Waals surface area contributed by atoms with E-state index in [4.69, 9.17) is 27.9 Å². The van der Waals surface area contributed by atoms with E-state index in [9.17, 15) is 18.7 Å². The van der Waals surface area contributed by atoms with Crippen LogP contribution in [0, 0.1) is 5.92 Å². The molecule has 0 atom stereocenters. The number of carbonyl (C=O) groups is 1. The van der Waals surface area contributed by atoms with Gasteiger partial charge in [0.05, 0.1) is 28.9 Å². The van der Waals surface area contributed by atoms with Gasteiger partial charge in [-0.1, -0.05) is 23.2 Å². The summed E-state index contributed by atoms with van der Waals surface area (Å²) in [6.07, 6.45) is 4.66. The maximum Gasteiger partial charge on any atom is 0.387 e. The highest BCUT2D eigenvalue weighted by Gasteiger charge is 2.26. The number of aromatic nitrogens is 1. The average Bonchev–Trinajstić information content (AvgIpc) is 3.50. The molecule has 3 rings (SSSR count). The van der Waals surface area contributed by atoms with Gasteiger partial charge in [0.15, 0.2) is 11.5 Å². The van der Waals surface area contributed by atoms with Gasteiger partial charge in [0.1, 0.15) is 0 Å². The molecule has 1 aromatic carbocycles. The van der Waals surface area contributed by atoms with Crippen LogP contribution in [-0.4, -0.2) is 42.4 Å². The number of aliphatic hydroxyl groups is 1. The van der Waals surface area contributed by atoms with Crippen molar-refractivity contribution < 1.29 is 28.2 Å². The summed E-state index contributed by atoms with van der Waals surface area (Å²) >= 11 is 12.3. The first kappa shape index (κ1) is 21.5. The van der Waals surface area contributed by atoms with E-state index in [1.165, 1.54) is 35.5 Å². The van der Waals surface area contributed by atoms with Gasteiger partial charge >= 0.3 is 6.61 Å². The molecule has 156 valence electrons. The number of nitrogens with zero attached hydrogens (tertiary/aromatic N) is 2. The van der Waals surface area contributed by atoms with E-state index in [2.05, 4.69) is 9.72 Å². The molecule has 29 heavy (non-hydrogen) atoms. The number of anilines is 1. The summed E-state index contributed by atoms with van der Waals surface area (Å²) in [5, 5.41) is 9.66. The number of pyridine rings is 1. The van der Waals surface area contributed by atoms with Crippen LogP contribution in [-0.2, 0) is 0 Å². The van der Waals surface area contributed by atoms with E-state index in [1.54, 1.807) is 0 Å². The van der Waals surface area contributed by atoms with Crippen molar-refractivity contribution in [2.45, 2.75) is 19.5 Å². The third-order valence-electron chi connectivity index (χ3n) is 4.25. The van der Waals surface area contributed by atoms with Crippen LogP contribution in [0.15, 0.2) is 30.6 Å². The van der Waals surface area contributed by atoms with Gasteiger partial charge in [-0.25, -0.2) is 0 Å². The fourth-order valence-electron chi connectivity index (χ4n) is 2.67. The smallest absolute Gasteiger partial charge is 0.387 e. The molecule has 0 bridgehead atoms. The number of carbonyl (C=O) groups excluding carboxylic acids is 1. The third kappa shape index (κ3) is 5.46. The molecule has 0 saturated heterocycles. The summed E-state index contributed by atoms with van der Waals surface area (Å²) in [5.74, 6) is -0.298. The lowest BCUT2D eigenvalue weighted by Gasteiger charge is -2.24. The summed E-state index contributed by atoms with van der Waals surface area (Å²) < 4.78 is 35.5. The van der Waals surface area contributed by atoms with Gasteiger partial charge in [0.25, 0.3) is 5.91 Å². The molecule has 1 amide bonds. The van der Waals surface area contributed by atoms with Gasteiger partial charge in [-0.3, -0.25) is 9.78 Å². The number of hydrogen-bond donors (Lipinski definition) is 1. The first-order valence-corrected chi connectivity index (χ1v) is 9.59. The molecule has 1 aromatic heterocycles. The van der Waals surface area contributed by atoms with E-state index in [0.717, 1.165) is 12.8 Å². The van der Waals surface area contributed by atoms with Gasteiger partial charge in [0, 0.05) is 24.5 Å². The summed E-state index contributed by atoms with van der Waals surface area (Å²) in [6.45, 7) is -3.12. The second-order valence-corrected chi connectivity index (χ2v) is 7.24. The van der Waals surface area contributed by atoms with Crippen LogP contribution in [0.5, 0.6) is 11.5 Å². The van der Waals surface area contributed by atoms with Gasteiger partial charge in [-0.15, -0.1) is 0 Å². The molecule has 1 aliphatic carbocycles. The Hall–Kier alpha value is -2.16. The van der Waals surface area contributed by atoms with Gasteiger partial charge in [-0.05, 0) is 37.0 Å². The molecule has 1 saturated carbocycles. The zero-order chi connectivity index (χ0) is 21.0. The number of alkyl halides is 2. The maximum absolute atomic E-state index is 13.1. The highest BCUT2D eigenvalue weighted by atomic mass is 35.5. The van der Waals surface area contributed by atoms with Crippen LogP contribution in [0.4, 0.5) is 14.5 Å². The maximum atomic E-state index is 13.1. The highest BCUT2D eigenvalue weighted by molar-refractivity contribution is 6.40. The summed E-state index contributed by atoms with van der Waals surface area (Å²) in [7, 11) is 0. The lowest BCUT2D eigenvalue weighted by molar-refractivity contribution is -0.0515. The molecule has 1 aliphatic rings. The number of benzene rings is 1. The topological polar surface area (TPSA) is 71.9 Å². The third-order valence-corrected chi connectivity index (χ3v) is 4.80. The highest BCUT2D eigenvalue weighted by Crippen LogP contribution is 2.36. The van der Waals surface area contributed by atoms with Crippen molar-refractivity contribution in [2.24, 2.45) is 5.92 Å². The minimum absolute atomic E-state index is 0.0407. The summed E-state index contributed by atoms with van der Waals surface area (Å²) in [5.41, 5.74) is 0.325. The predicted octanol–water partition coefficient (Wildman–Crippen LogP) is 4.42. The second kappa shape index (κ2) is 9.56. The Labute approximate surface area is 176 Å². The fourth-order valence-corrected chi connectivity index (χ4v) is 3.24. The number of aliphatic hydroxyl groups excluding tert-OH is 1. The largest absolute Gasteiger partial charge is 0.489 e. The first-order chi connectivity index (χ1) is 13.9. The van der Waals surface area contributed by atoms with E-state index in [-0.39, 0.29) is 45.9 Å². The van der Waals surface area contributed by atoms with Crippen LogP contribution in [0.25, 0.3) is 0 Å². The number of rotatable bonds is 9. The molecular formula is C19H18Cl2F2N2O4. The molecule has 1 heterocycles. The van der Waals surface area contributed by atoms with Crippen LogP contribution < -0.4 is 14.4 Å². The van der Waals surface area contributed by atoms with E-state index >= 15 is 0 Å². The van der Waals surface area contributed by atoms with Crippen LogP contribution in [0.1, 0.15) is 23.2 Å². The standard InChI is InChI=1S/C19H18Cl2F2N2O4/c20-13-8-24-9-14(21)17(13)25(5-6-26)18(27)12-3-4-15(29-19(22)23)16(7-12)28-10-11-1-2-11/h3-4,7-9,11,19,26H,1-2,5-6,10H2. The first-order valence-electron chi connectivity index (χ1n) is 8.84. The molecule has 1 N–H and O–H groups in total. The van der Waals surface area contributed by atoms with Crippen molar-refractivity contribution in [3.05, 3.63) is 46.2 Å². The number of hydrogen-bond acceptors (Lipinski definition) is 5. The van der Waals surface area contributed by atoms with Crippen molar-refractivity contribution >= 4 is 34.8 Å². The normalized spacial score (nSPS) is 13.4.